The largest absolute Gasteiger partial charge is 0.502 e. The van der Waals surface area contributed by atoms with Gasteiger partial charge in [0.05, 0.1) is 12.2 Å². The average Bonchev–Trinajstić information content (AvgIpc) is 2.85. The van der Waals surface area contributed by atoms with E-state index in [2.05, 4.69) is 0 Å². The maximum absolute atomic E-state index is 12.8. The molecule has 1 saturated heterocycles. The molecule has 7 nitrogen and oxygen atoms in total. The molecule has 0 aliphatic carbocycles. The molecule has 1 aromatic rings. The summed E-state index contributed by atoms with van der Waals surface area (Å²) in [6.45, 7) is 2.80. The van der Waals surface area contributed by atoms with Crippen molar-refractivity contribution in [2.24, 2.45) is 0 Å². The van der Waals surface area contributed by atoms with E-state index in [1.54, 1.807) is 36.1 Å². The summed E-state index contributed by atoms with van der Waals surface area (Å²) in [5, 5.41) is 10.7. The number of ether oxygens (including phenoxy) is 1. The van der Waals surface area contributed by atoms with Crippen molar-refractivity contribution < 1.29 is 24.2 Å². The number of carbonyl (C=O) groups excluding carboxylic acids is 3. The number of benzene rings is 1. The lowest BCUT2D eigenvalue weighted by Crippen LogP contribution is -2.49. The molecule has 1 aromatic carbocycles. The molecule has 0 unspecified atom stereocenters. The molecule has 0 atom stereocenters. The summed E-state index contributed by atoms with van der Waals surface area (Å²) in [4.78, 5) is 39.6. The van der Waals surface area contributed by atoms with E-state index in [0.717, 1.165) is 4.90 Å². The number of halogens is 1. The number of likely N-dealkylation sites (tertiary alicyclic amines) is 1. The lowest BCUT2D eigenvalue weighted by atomic mass is 10.0. The van der Waals surface area contributed by atoms with Crippen LogP contribution in [0.25, 0.3) is 5.57 Å². The fraction of sp³-hybridized carbons (Fsp3) is 0.389. The van der Waals surface area contributed by atoms with Crippen LogP contribution in [0.5, 0.6) is 0 Å². The zero-order valence-electron chi connectivity index (χ0n) is 14.3. The normalized spacial score (nSPS) is 18.7. The number of imide groups is 1. The van der Waals surface area contributed by atoms with Gasteiger partial charge in [0.25, 0.3) is 11.8 Å². The summed E-state index contributed by atoms with van der Waals surface area (Å²) in [6.07, 6.45) is 0.488. The van der Waals surface area contributed by atoms with E-state index in [-0.39, 0.29) is 11.6 Å². The van der Waals surface area contributed by atoms with Gasteiger partial charge in [-0.1, -0.05) is 23.7 Å². The summed E-state index contributed by atoms with van der Waals surface area (Å²) in [5.74, 6) is -1.77. The zero-order chi connectivity index (χ0) is 18.8. The fourth-order valence-electron chi connectivity index (χ4n) is 3.26. The molecular weight excluding hydrogens is 360 g/mol. The van der Waals surface area contributed by atoms with Crippen molar-refractivity contribution >= 4 is 35.1 Å². The van der Waals surface area contributed by atoms with Crippen molar-refractivity contribution in [3.8, 4) is 0 Å². The van der Waals surface area contributed by atoms with Crippen LogP contribution in [0, 0.1) is 0 Å². The Labute approximate surface area is 155 Å². The summed E-state index contributed by atoms with van der Waals surface area (Å²) in [5.41, 5.74) is 0.427. The Kier molecular flexibility index (Phi) is 5.18. The van der Waals surface area contributed by atoms with E-state index < -0.39 is 23.7 Å². The first-order valence-electron chi connectivity index (χ1n) is 8.42. The van der Waals surface area contributed by atoms with Gasteiger partial charge >= 0.3 is 6.09 Å². The number of nitrogens with zero attached hydrogens (tertiary/aromatic N) is 2. The molecule has 3 rings (SSSR count). The standard InChI is InChI=1S/C18H19ClN2O5/c1-2-26-18(25)20-9-7-13(8-10-20)21-16(23)14(15(22)17(21)24)11-3-5-12(19)6-4-11/h3-6,13,22H,2,7-10H2,1H3. The highest BCUT2D eigenvalue weighted by atomic mass is 35.5. The third kappa shape index (κ3) is 3.26. The lowest BCUT2D eigenvalue weighted by Gasteiger charge is -2.35. The number of rotatable bonds is 3. The van der Waals surface area contributed by atoms with Gasteiger partial charge < -0.3 is 14.7 Å². The number of aliphatic hydroxyl groups is 1. The lowest BCUT2D eigenvalue weighted by molar-refractivity contribution is -0.141. The third-order valence-corrected chi connectivity index (χ3v) is 4.83. The summed E-state index contributed by atoms with van der Waals surface area (Å²) >= 11 is 5.85. The maximum Gasteiger partial charge on any atom is 0.409 e. The second kappa shape index (κ2) is 7.37. The monoisotopic (exact) mass is 378 g/mol. The first-order valence-corrected chi connectivity index (χ1v) is 8.80. The molecule has 8 heteroatoms. The molecule has 0 saturated carbocycles. The first kappa shape index (κ1) is 18.3. The average molecular weight is 379 g/mol. The van der Waals surface area contributed by atoms with Gasteiger partial charge in [0, 0.05) is 24.2 Å². The highest BCUT2D eigenvalue weighted by Crippen LogP contribution is 2.32. The highest BCUT2D eigenvalue weighted by Gasteiger charge is 2.44. The second-order valence-corrected chi connectivity index (χ2v) is 6.56. The molecule has 138 valence electrons. The Hall–Kier alpha value is -2.54. The minimum Gasteiger partial charge on any atom is -0.502 e. The van der Waals surface area contributed by atoms with Crippen molar-refractivity contribution in [2.45, 2.75) is 25.8 Å². The van der Waals surface area contributed by atoms with E-state index in [1.807, 2.05) is 0 Å². The minimum absolute atomic E-state index is 0.0144. The summed E-state index contributed by atoms with van der Waals surface area (Å²) < 4.78 is 4.97. The molecule has 1 N–H and O–H groups in total. The van der Waals surface area contributed by atoms with Gasteiger partial charge in [-0.05, 0) is 37.5 Å². The van der Waals surface area contributed by atoms with Gasteiger partial charge in [-0.15, -0.1) is 0 Å². The van der Waals surface area contributed by atoms with Crippen molar-refractivity contribution in [3.63, 3.8) is 0 Å². The Balaban J connectivity index is 1.73. The Morgan fingerprint density at radius 1 is 1.19 bits per heavy atom. The SMILES string of the molecule is CCOC(=O)N1CCC(N2C(=O)C(O)=C(c3ccc(Cl)cc3)C2=O)CC1. The molecule has 1 fully saturated rings. The van der Waals surface area contributed by atoms with Crippen molar-refractivity contribution in [1.29, 1.82) is 0 Å². The van der Waals surface area contributed by atoms with Gasteiger partial charge in [-0.2, -0.15) is 0 Å². The van der Waals surface area contributed by atoms with E-state index >= 15 is 0 Å². The minimum atomic E-state index is -0.700. The smallest absolute Gasteiger partial charge is 0.409 e. The molecule has 0 aromatic heterocycles. The van der Waals surface area contributed by atoms with E-state index in [9.17, 15) is 19.5 Å². The first-order chi connectivity index (χ1) is 12.4. The van der Waals surface area contributed by atoms with Crippen LogP contribution < -0.4 is 0 Å². The van der Waals surface area contributed by atoms with Gasteiger partial charge in [0.2, 0.25) is 0 Å². The number of amides is 3. The molecule has 2 aliphatic heterocycles. The maximum atomic E-state index is 12.8. The Morgan fingerprint density at radius 2 is 1.81 bits per heavy atom. The van der Waals surface area contributed by atoms with E-state index in [1.165, 1.54) is 0 Å². The fourth-order valence-corrected chi connectivity index (χ4v) is 3.39. The Morgan fingerprint density at radius 3 is 2.38 bits per heavy atom. The zero-order valence-corrected chi connectivity index (χ0v) is 15.0. The van der Waals surface area contributed by atoms with Crippen molar-refractivity contribution in [1.82, 2.24) is 9.80 Å². The molecule has 2 heterocycles. The molecule has 0 radical (unpaired) electrons. The van der Waals surface area contributed by atoms with Crippen LogP contribution in [-0.2, 0) is 14.3 Å². The predicted octanol–water partition coefficient (Wildman–Crippen LogP) is 2.60. The van der Waals surface area contributed by atoms with Crippen LogP contribution in [0.2, 0.25) is 5.02 Å². The van der Waals surface area contributed by atoms with Crippen LogP contribution in [0.3, 0.4) is 0 Å². The van der Waals surface area contributed by atoms with Crippen LogP contribution >= 0.6 is 11.6 Å². The summed E-state index contributed by atoms with van der Waals surface area (Å²) in [7, 11) is 0. The number of aliphatic hydroxyl groups excluding tert-OH is 1. The van der Waals surface area contributed by atoms with Crippen molar-refractivity contribution in [2.75, 3.05) is 19.7 Å². The topological polar surface area (TPSA) is 87.2 Å². The second-order valence-electron chi connectivity index (χ2n) is 6.13. The highest BCUT2D eigenvalue weighted by molar-refractivity contribution is 6.35. The third-order valence-electron chi connectivity index (χ3n) is 4.58. The molecular formula is C18H19ClN2O5. The van der Waals surface area contributed by atoms with Gasteiger partial charge in [-0.25, -0.2) is 4.79 Å². The van der Waals surface area contributed by atoms with Crippen molar-refractivity contribution in [3.05, 3.63) is 40.6 Å². The molecule has 3 amide bonds. The van der Waals surface area contributed by atoms with Crippen LogP contribution in [0.1, 0.15) is 25.3 Å². The van der Waals surface area contributed by atoms with Crippen LogP contribution in [-0.4, -0.2) is 58.6 Å². The molecule has 0 bridgehead atoms. The van der Waals surface area contributed by atoms with E-state index in [0.29, 0.717) is 43.1 Å². The van der Waals surface area contributed by atoms with Gasteiger partial charge in [-0.3, -0.25) is 14.5 Å². The number of carbonyl (C=O) groups is 3. The Bertz CT molecular complexity index is 766. The molecule has 2 aliphatic rings. The van der Waals surface area contributed by atoms with Gasteiger partial charge in [0.1, 0.15) is 0 Å². The predicted molar refractivity (Wildman–Crippen MR) is 94.5 cm³/mol. The number of piperidine rings is 1. The molecule has 26 heavy (non-hydrogen) atoms. The van der Waals surface area contributed by atoms with Crippen LogP contribution in [0.15, 0.2) is 30.0 Å². The molecule has 0 spiro atoms. The number of hydrogen-bond donors (Lipinski definition) is 1. The summed E-state index contributed by atoms with van der Waals surface area (Å²) in [6, 6.07) is 6.00. The van der Waals surface area contributed by atoms with Gasteiger partial charge in [0.15, 0.2) is 5.76 Å². The van der Waals surface area contributed by atoms with Crippen LogP contribution in [0.4, 0.5) is 4.79 Å². The van der Waals surface area contributed by atoms with E-state index in [4.69, 9.17) is 16.3 Å². The quantitative estimate of drug-likeness (QED) is 0.817. The number of hydrogen-bond acceptors (Lipinski definition) is 5.